The lowest BCUT2D eigenvalue weighted by Gasteiger charge is -2.13. The van der Waals surface area contributed by atoms with E-state index in [1.54, 1.807) is 0 Å². The molecule has 0 fully saturated rings. The molecular formula is C48H37N. The quantitative estimate of drug-likeness (QED) is 0.145. The molecule has 1 heterocycles. The van der Waals surface area contributed by atoms with Gasteiger partial charge in [-0.25, -0.2) is 4.98 Å². The Kier molecular flexibility index (Phi) is 9.08. The van der Waals surface area contributed by atoms with Crippen LogP contribution in [0.15, 0.2) is 201 Å². The zero-order chi connectivity index (χ0) is 33.6. The molecule has 49 heavy (non-hydrogen) atoms. The molecule has 1 nitrogen and oxygen atoms in total. The average Bonchev–Trinajstić information content (AvgIpc) is 3.19. The summed E-state index contributed by atoms with van der Waals surface area (Å²) in [6, 6.07) is 60.3. The first-order chi connectivity index (χ1) is 24.1. The number of aromatic nitrogens is 1. The molecule has 0 saturated heterocycles. The first-order valence-corrected chi connectivity index (χ1v) is 16.6. The highest BCUT2D eigenvalue weighted by atomic mass is 14.7. The molecule has 1 heteroatoms. The maximum Gasteiger partial charge on any atom is 0.0715 e. The van der Waals surface area contributed by atoms with Gasteiger partial charge in [-0.15, -0.1) is 0 Å². The summed E-state index contributed by atoms with van der Waals surface area (Å²) in [5.74, 6) is 0. The van der Waals surface area contributed by atoms with Gasteiger partial charge >= 0.3 is 0 Å². The molecule has 0 spiro atoms. The molecule has 0 atom stereocenters. The van der Waals surface area contributed by atoms with Crippen molar-refractivity contribution in [3.63, 3.8) is 0 Å². The van der Waals surface area contributed by atoms with Crippen molar-refractivity contribution in [3.05, 3.63) is 206 Å². The van der Waals surface area contributed by atoms with E-state index in [2.05, 4.69) is 184 Å². The topological polar surface area (TPSA) is 12.9 Å². The Morgan fingerprint density at radius 2 is 0.796 bits per heavy atom. The largest absolute Gasteiger partial charge is 0.248 e. The molecule has 0 radical (unpaired) electrons. The summed E-state index contributed by atoms with van der Waals surface area (Å²) in [6.45, 7) is 10.1. The van der Waals surface area contributed by atoms with Crippen LogP contribution in [0.2, 0.25) is 0 Å². The summed E-state index contributed by atoms with van der Waals surface area (Å²) in [5.41, 5.74) is 16.7. The number of benzene rings is 6. The Labute approximate surface area is 289 Å². The number of hydrogen-bond acceptors (Lipinski definition) is 1. The summed E-state index contributed by atoms with van der Waals surface area (Å²) in [4.78, 5) is 5.22. The van der Waals surface area contributed by atoms with Crippen molar-refractivity contribution < 1.29 is 0 Å². The van der Waals surface area contributed by atoms with E-state index in [0.29, 0.717) is 0 Å². The fourth-order valence-electron chi connectivity index (χ4n) is 6.33. The number of rotatable bonds is 9. The van der Waals surface area contributed by atoms with Gasteiger partial charge in [0, 0.05) is 11.1 Å². The van der Waals surface area contributed by atoms with Crippen LogP contribution in [-0.2, 0) is 0 Å². The first kappa shape index (κ1) is 31.3. The number of pyridine rings is 1. The zero-order valence-corrected chi connectivity index (χ0v) is 27.7. The van der Waals surface area contributed by atoms with Gasteiger partial charge in [0.25, 0.3) is 0 Å². The van der Waals surface area contributed by atoms with Crippen LogP contribution in [0.25, 0.3) is 72.6 Å². The molecule has 0 aliphatic heterocycles. The van der Waals surface area contributed by atoms with E-state index in [0.717, 1.165) is 61.5 Å². The minimum Gasteiger partial charge on any atom is -0.248 e. The molecular weight excluding hydrogens is 591 g/mol. The lowest BCUT2D eigenvalue weighted by Crippen LogP contribution is -1.92. The Bertz CT molecular complexity index is 2310. The number of nitrogens with zero attached hydrogens (tertiary/aromatic N) is 1. The second kappa shape index (κ2) is 14.2. The van der Waals surface area contributed by atoms with Crippen molar-refractivity contribution in [2.24, 2.45) is 0 Å². The Morgan fingerprint density at radius 3 is 1.35 bits per heavy atom. The molecule has 0 N–H and O–H groups in total. The van der Waals surface area contributed by atoms with Crippen molar-refractivity contribution in [2.45, 2.75) is 6.92 Å². The standard InChI is InChI=1S/C48H37N/c1-4-34(3)46(5-2)43-26-14-23-40(30-43)41-24-15-27-44(31-41)48-33-45(32-47(49-48)36-18-10-7-11-19-36)42-25-13-22-39(29-42)38-21-12-20-37(28-38)35-16-8-6-9-17-35/h4-33H,1-2H2,3H3/b46-34+. The van der Waals surface area contributed by atoms with Crippen LogP contribution in [0.4, 0.5) is 0 Å². The highest BCUT2D eigenvalue weighted by Gasteiger charge is 2.12. The van der Waals surface area contributed by atoms with E-state index in [4.69, 9.17) is 4.98 Å². The normalized spacial score (nSPS) is 11.4. The summed E-state index contributed by atoms with van der Waals surface area (Å²) in [5, 5.41) is 0. The smallest absolute Gasteiger partial charge is 0.0715 e. The van der Waals surface area contributed by atoms with Gasteiger partial charge in [0.15, 0.2) is 0 Å². The van der Waals surface area contributed by atoms with Crippen molar-refractivity contribution in [2.75, 3.05) is 0 Å². The van der Waals surface area contributed by atoms with E-state index in [1.165, 1.54) is 22.3 Å². The third-order valence-corrected chi connectivity index (χ3v) is 8.99. The van der Waals surface area contributed by atoms with Crippen LogP contribution in [0, 0.1) is 0 Å². The molecule has 0 aliphatic carbocycles. The zero-order valence-electron chi connectivity index (χ0n) is 27.7. The summed E-state index contributed by atoms with van der Waals surface area (Å²) in [6.07, 6.45) is 3.78. The lowest BCUT2D eigenvalue weighted by atomic mass is 9.94. The molecule has 0 bridgehead atoms. The third-order valence-electron chi connectivity index (χ3n) is 8.99. The van der Waals surface area contributed by atoms with Crippen LogP contribution >= 0.6 is 0 Å². The van der Waals surface area contributed by atoms with Gasteiger partial charge in [-0.2, -0.15) is 0 Å². The summed E-state index contributed by atoms with van der Waals surface area (Å²) in [7, 11) is 0. The molecule has 1 aromatic heterocycles. The molecule has 7 rings (SSSR count). The summed E-state index contributed by atoms with van der Waals surface area (Å²) >= 11 is 0. The Balaban J connectivity index is 1.31. The van der Waals surface area contributed by atoms with E-state index < -0.39 is 0 Å². The van der Waals surface area contributed by atoms with Crippen molar-refractivity contribution in [1.82, 2.24) is 4.98 Å². The van der Waals surface area contributed by atoms with Crippen LogP contribution in [0.5, 0.6) is 0 Å². The molecule has 7 aromatic rings. The molecule has 6 aromatic carbocycles. The SMILES string of the molecule is C=C/C(C)=C(\C=C)c1cccc(-c2cccc(-c3cc(-c4cccc(-c5cccc(-c6ccccc6)c5)c4)cc(-c4ccccc4)n3)c2)c1. The maximum atomic E-state index is 5.22. The monoisotopic (exact) mass is 627 g/mol. The first-order valence-electron chi connectivity index (χ1n) is 16.6. The summed E-state index contributed by atoms with van der Waals surface area (Å²) < 4.78 is 0. The Hall–Kier alpha value is -6.31. The minimum absolute atomic E-state index is 0.931. The molecule has 0 aliphatic rings. The second-order valence-electron chi connectivity index (χ2n) is 12.2. The van der Waals surface area contributed by atoms with E-state index in [9.17, 15) is 0 Å². The van der Waals surface area contributed by atoms with Gasteiger partial charge in [0.2, 0.25) is 0 Å². The molecule has 0 unspecified atom stereocenters. The van der Waals surface area contributed by atoms with Crippen LogP contribution in [0.1, 0.15) is 12.5 Å². The van der Waals surface area contributed by atoms with Gasteiger partial charge in [0.1, 0.15) is 0 Å². The number of allylic oxidation sites excluding steroid dienone is 4. The van der Waals surface area contributed by atoms with Gasteiger partial charge < -0.3 is 0 Å². The van der Waals surface area contributed by atoms with Crippen LogP contribution in [-0.4, -0.2) is 4.98 Å². The molecule has 0 saturated carbocycles. The third kappa shape index (κ3) is 6.88. The maximum absolute atomic E-state index is 5.22. The minimum atomic E-state index is 0.931. The van der Waals surface area contributed by atoms with Gasteiger partial charge in [-0.05, 0) is 105 Å². The average molecular weight is 628 g/mol. The van der Waals surface area contributed by atoms with Crippen LogP contribution < -0.4 is 0 Å². The highest BCUT2D eigenvalue weighted by Crippen LogP contribution is 2.35. The lowest BCUT2D eigenvalue weighted by molar-refractivity contribution is 1.32. The van der Waals surface area contributed by atoms with Gasteiger partial charge in [-0.1, -0.05) is 159 Å². The fourth-order valence-corrected chi connectivity index (χ4v) is 6.33. The predicted octanol–water partition coefficient (Wildman–Crippen LogP) is 13.2. The molecule has 234 valence electrons. The molecule has 0 amide bonds. The van der Waals surface area contributed by atoms with Crippen molar-refractivity contribution in [3.8, 4) is 67.0 Å². The van der Waals surface area contributed by atoms with E-state index in [-0.39, 0.29) is 0 Å². The van der Waals surface area contributed by atoms with E-state index >= 15 is 0 Å². The highest BCUT2D eigenvalue weighted by molar-refractivity contribution is 5.83. The second-order valence-corrected chi connectivity index (χ2v) is 12.2. The Morgan fingerprint density at radius 1 is 0.388 bits per heavy atom. The van der Waals surface area contributed by atoms with Crippen molar-refractivity contribution in [1.29, 1.82) is 0 Å². The fraction of sp³-hybridized carbons (Fsp3) is 0.0208. The number of hydrogen-bond donors (Lipinski definition) is 0. The van der Waals surface area contributed by atoms with Gasteiger partial charge in [0.05, 0.1) is 11.4 Å². The van der Waals surface area contributed by atoms with E-state index in [1.807, 2.05) is 18.2 Å². The van der Waals surface area contributed by atoms with Crippen LogP contribution in [0.3, 0.4) is 0 Å². The van der Waals surface area contributed by atoms with Gasteiger partial charge in [-0.3, -0.25) is 0 Å². The predicted molar refractivity (Wildman–Crippen MR) is 210 cm³/mol. The van der Waals surface area contributed by atoms with Crippen molar-refractivity contribution >= 4 is 5.57 Å².